The summed E-state index contributed by atoms with van der Waals surface area (Å²) < 4.78 is 5.49. The van der Waals surface area contributed by atoms with E-state index in [2.05, 4.69) is 24.1 Å². The van der Waals surface area contributed by atoms with Crippen LogP contribution >= 0.6 is 0 Å². The molecule has 0 aliphatic carbocycles. The number of aliphatic hydroxyl groups is 1. The maximum absolute atomic E-state index is 9.60. The van der Waals surface area contributed by atoms with E-state index >= 15 is 0 Å². The van der Waals surface area contributed by atoms with Gasteiger partial charge in [-0.2, -0.15) is 0 Å². The highest BCUT2D eigenvalue weighted by atomic mass is 16.3. The Bertz CT molecular complexity index is 548. The van der Waals surface area contributed by atoms with E-state index in [0.717, 1.165) is 16.7 Å². The second-order valence-electron chi connectivity index (χ2n) is 5.32. The quantitative estimate of drug-likeness (QED) is 0.869. The number of aromatic nitrogens is 1. The molecule has 1 heterocycles. The lowest BCUT2D eigenvalue weighted by Crippen LogP contribution is -2.31. The van der Waals surface area contributed by atoms with Crippen LogP contribution in [0.15, 0.2) is 22.6 Å². The molecule has 0 fully saturated rings. The summed E-state index contributed by atoms with van der Waals surface area (Å²) >= 11 is 0. The Balaban J connectivity index is 2.39. The number of aliphatic hydroxyl groups excluding tert-OH is 1. The highest BCUT2D eigenvalue weighted by Gasteiger charge is 2.24. The molecule has 0 spiro atoms. The number of nitrogens with zero attached hydrogens (tertiary/aromatic N) is 1. The van der Waals surface area contributed by atoms with Crippen LogP contribution in [-0.2, 0) is 0 Å². The number of aryl methyl sites for hydroxylation is 1. The first kappa shape index (κ1) is 14.0. The monoisotopic (exact) mass is 262 g/mol. The molecule has 2 atom stereocenters. The van der Waals surface area contributed by atoms with Crippen molar-refractivity contribution in [1.29, 1.82) is 0 Å². The summed E-state index contributed by atoms with van der Waals surface area (Å²) in [6, 6.07) is 6.15. The van der Waals surface area contributed by atoms with E-state index in [1.807, 2.05) is 32.2 Å². The van der Waals surface area contributed by atoms with Gasteiger partial charge in [0.25, 0.3) is 0 Å². The first-order valence-corrected chi connectivity index (χ1v) is 6.72. The number of fused-ring (bicyclic) bond motifs is 1. The van der Waals surface area contributed by atoms with Crippen LogP contribution < -0.4 is 5.32 Å². The third-order valence-electron chi connectivity index (χ3n) is 3.68. The molecule has 0 aliphatic rings. The molecule has 104 valence electrons. The number of nitrogens with one attached hydrogen (secondary N) is 1. The van der Waals surface area contributed by atoms with Crippen molar-refractivity contribution in [3.8, 4) is 0 Å². The normalized spacial score (nSPS) is 15.1. The standard InChI is InChI=1S/C15H22N2O2/c1-9(2)12(8-18)15(16-4)11-5-6-14-13(7-11)17-10(3)19-14/h5-7,9,12,15-16,18H,8H2,1-4H3. The molecular weight excluding hydrogens is 240 g/mol. The molecule has 0 bridgehead atoms. The summed E-state index contributed by atoms with van der Waals surface area (Å²) in [6.45, 7) is 6.27. The van der Waals surface area contributed by atoms with Crippen LogP contribution in [0.25, 0.3) is 11.1 Å². The molecule has 2 unspecified atom stereocenters. The predicted molar refractivity (Wildman–Crippen MR) is 76.0 cm³/mol. The van der Waals surface area contributed by atoms with Gasteiger partial charge in [-0.15, -0.1) is 0 Å². The SMILES string of the molecule is CNC(c1ccc2oc(C)nc2c1)C(CO)C(C)C. The van der Waals surface area contributed by atoms with Crippen molar-refractivity contribution in [3.63, 3.8) is 0 Å². The summed E-state index contributed by atoms with van der Waals surface area (Å²) in [5.74, 6) is 1.25. The van der Waals surface area contributed by atoms with E-state index in [0.29, 0.717) is 11.8 Å². The highest BCUT2D eigenvalue weighted by molar-refractivity contribution is 5.73. The molecule has 0 saturated carbocycles. The Hall–Kier alpha value is -1.39. The molecule has 2 N–H and O–H groups in total. The molecule has 19 heavy (non-hydrogen) atoms. The summed E-state index contributed by atoms with van der Waals surface area (Å²) in [4.78, 5) is 4.36. The Labute approximate surface area is 113 Å². The van der Waals surface area contributed by atoms with Crippen LogP contribution in [-0.4, -0.2) is 23.7 Å². The minimum Gasteiger partial charge on any atom is -0.441 e. The molecule has 0 amide bonds. The molecule has 4 nitrogen and oxygen atoms in total. The van der Waals surface area contributed by atoms with Gasteiger partial charge in [-0.1, -0.05) is 19.9 Å². The first-order valence-electron chi connectivity index (χ1n) is 6.72. The minimum atomic E-state index is 0.117. The zero-order valence-electron chi connectivity index (χ0n) is 12.0. The number of hydrogen-bond acceptors (Lipinski definition) is 4. The van der Waals surface area contributed by atoms with Gasteiger partial charge >= 0.3 is 0 Å². The smallest absolute Gasteiger partial charge is 0.192 e. The molecule has 0 aliphatic heterocycles. The van der Waals surface area contributed by atoms with Crippen molar-refractivity contribution in [1.82, 2.24) is 10.3 Å². The lowest BCUT2D eigenvalue weighted by Gasteiger charge is -2.28. The average Bonchev–Trinajstić information content (AvgIpc) is 2.74. The fourth-order valence-corrected chi connectivity index (χ4v) is 2.58. The topological polar surface area (TPSA) is 58.3 Å². The Morgan fingerprint density at radius 3 is 2.68 bits per heavy atom. The van der Waals surface area contributed by atoms with E-state index in [1.165, 1.54) is 0 Å². The van der Waals surface area contributed by atoms with E-state index in [4.69, 9.17) is 4.42 Å². The predicted octanol–water partition coefficient (Wildman–Crippen LogP) is 2.66. The largest absolute Gasteiger partial charge is 0.441 e. The summed E-state index contributed by atoms with van der Waals surface area (Å²) in [5, 5.41) is 12.9. The maximum atomic E-state index is 9.60. The molecule has 2 aromatic rings. The van der Waals surface area contributed by atoms with Crippen LogP contribution in [0.4, 0.5) is 0 Å². The Kier molecular flexibility index (Phi) is 4.22. The Morgan fingerprint density at radius 2 is 2.11 bits per heavy atom. The van der Waals surface area contributed by atoms with Crippen LogP contribution in [0.3, 0.4) is 0 Å². The van der Waals surface area contributed by atoms with Crippen molar-refractivity contribution in [2.24, 2.45) is 11.8 Å². The lowest BCUT2D eigenvalue weighted by molar-refractivity contribution is 0.154. The molecule has 1 aromatic heterocycles. The summed E-state index contributed by atoms with van der Waals surface area (Å²) in [7, 11) is 1.92. The number of oxazole rings is 1. The third kappa shape index (κ3) is 2.80. The fraction of sp³-hybridized carbons (Fsp3) is 0.533. The van der Waals surface area contributed by atoms with Gasteiger partial charge in [-0.05, 0) is 30.7 Å². The fourth-order valence-electron chi connectivity index (χ4n) is 2.58. The van der Waals surface area contributed by atoms with E-state index < -0.39 is 0 Å². The van der Waals surface area contributed by atoms with Gasteiger partial charge < -0.3 is 14.8 Å². The van der Waals surface area contributed by atoms with Gasteiger partial charge in [0.2, 0.25) is 0 Å². The van der Waals surface area contributed by atoms with Gasteiger partial charge in [0.1, 0.15) is 5.52 Å². The van der Waals surface area contributed by atoms with Crippen LogP contribution in [0, 0.1) is 18.8 Å². The molecule has 1 aromatic carbocycles. The van der Waals surface area contributed by atoms with Crippen molar-refractivity contribution >= 4 is 11.1 Å². The maximum Gasteiger partial charge on any atom is 0.192 e. The van der Waals surface area contributed by atoms with Crippen molar-refractivity contribution in [2.45, 2.75) is 26.8 Å². The van der Waals surface area contributed by atoms with Gasteiger partial charge in [0.15, 0.2) is 11.5 Å². The second kappa shape index (κ2) is 5.72. The van der Waals surface area contributed by atoms with Crippen molar-refractivity contribution in [3.05, 3.63) is 29.7 Å². The van der Waals surface area contributed by atoms with Gasteiger partial charge in [-0.25, -0.2) is 4.98 Å². The average molecular weight is 262 g/mol. The highest BCUT2D eigenvalue weighted by Crippen LogP contribution is 2.29. The third-order valence-corrected chi connectivity index (χ3v) is 3.68. The van der Waals surface area contributed by atoms with Crippen LogP contribution in [0.2, 0.25) is 0 Å². The first-order chi connectivity index (χ1) is 9.06. The van der Waals surface area contributed by atoms with E-state index in [-0.39, 0.29) is 18.6 Å². The molecule has 4 heteroatoms. The van der Waals surface area contributed by atoms with Gasteiger partial charge in [0.05, 0.1) is 0 Å². The molecule has 0 saturated heterocycles. The van der Waals surface area contributed by atoms with Gasteiger partial charge in [-0.3, -0.25) is 0 Å². The number of benzene rings is 1. The molecular formula is C15H22N2O2. The van der Waals surface area contributed by atoms with Crippen LogP contribution in [0.1, 0.15) is 31.3 Å². The van der Waals surface area contributed by atoms with Crippen molar-refractivity contribution < 1.29 is 9.52 Å². The summed E-state index contributed by atoms with van der Waals surface area (Å²) in [6.07, 6.45) is 0. The zero-order valence-corrected chi connectivity index (χ0v) is 12.0. The van der Waals surface area contributed by atoms with E-state index in [1.54, 1.807) is 0 Å². The molecule has 2 rings (SSSR count). The Morgan fingerprint density at radius 1 is 1.37 bits per heavy atom. The second-order valence-corrected chi connectivity index (χ2v) is 5.32. The summed E-state index contributed by atoms with van der Waals surface area (Å²) in [5.41, 5.74) is 2.81. The van der Waals surface area contributed by atoms with E-state index in [9.17, 15) is 5.11 Å². The zero-order chi connectivity index (χ0) is 14.0. The van der Waals surface area contributed by atoms with Crippen molar-refractivity contribution in [2.75, 3.05) is 13.7 Å². The molecule has 0 radical (unpaired) electrons. The van der Waals surface area contributed by atoms with Crippen LogP contribution in [0.5, 0.6) is 0 Å². The number of rotatable bonds is 5. The van der Waals surface area contributed by atoms with Gasteiger partial charge in [0, 0.05) is 25.5 Å². The lowest BCUT2D eigenvalue weighted by atomic mass is 9.85. The minimum absolute atomic E-state index is 0.117. The number of hydrogen-bond donors (Lipinski definition) is 2.